The maximum Gasteiger partial charge on any atom is 0.203 e. The van der Waals surface area contributed by atoms with E-state index in [0.717, 1.165) is 6.54 Å². The number of hydrogen-bond donors (Lipinski definition) is 1. The van der Waals surface area contributed by atoms with Crippen LogP contribution < -0.4 is 0 Å². The molecule has 0 bridgehead atoms. The molecule has 0 saturated heterocycles. The summed E-state index contributed by atoms with van der Waals surface area (Å²) in [6.07, 6.45) is 1.82. The standard InChI is InChI=1S/C20H18FN5/c1-2-26-8-7-16-15(10-26)18(13-5-3-4-6-17(13)21)14(9-22)19(25)20(16,11-23)12-24/h3-7,14-15,18,25H,2,8,10H2,1H3/t14-,15+,18-/m1/s1. The van der Waals surface area contributed by atoms with Crippen LogP contribution in [0.3, 0.4) is 0 Å². The summed E-state index contributed by atoms with van der Waals surface area (Å²) in [5.74, 6) is -2.41. The second-order valence-corrected chi connectivity index (χ2v) is 6.66. The SMILES string of the molecule is CCN1CC=C2[C@H](C1)[C@H](c1ccccc1F)[C@@H](C#N)C(=N)C2(C#N)C#N. The van der Waals surface area contributed by atoms with E-state index in [-0.39, 0.29) is 11.6 Å². The van der Waals surface area contributed by atoms with Crippen LogP contribution in [0.15, 0.2) is 35.9 Å². The van der Waals surface area contributed by atoms with Crippen LogP contribution in [0, 0.1) is 62.5 Å². The van der Waals surface area contributed by atoms with Crippen molar-refractivity contribution in [2.24, 2.45) is 17.3 Å². The van der Waals surface area contributed by atoms with Gasteiger partial charge in [0.2, 0.25) is 5.41 Å². The van der Waals surface area contributed by atoms with Crippen molar-refractivity contribution in [2.45, 2.75) is 12.8 Å². The first-order valence-corrected chi connectivity index (χ1v) is 8.52. The highest BCUT2D eigenvalue weighted by Crippen LogP contribution is 2.52. The average molecular weight is 347 g/mol. The molecule has 130 valence electrons. The maximum atomic E-state index is 14.6. The van der Waals surface area contributed by atoms with Gasteiger partial charge in [-0.25, -0.2) is 4.39 Å². The summed E-state index contributed by atoms with van der Waals surface area (Å²) in [5, 5.41) is 37.7. The Morgan fingerprint density at radius 1 is 1.27 bits per heavy atom. The summed E-state index contributed by atoms with van der Waals surface area (Å²) in [6.45, 7) is 3.87. The van der Waals surface area contributed by atoms with E-state index in [4.69, 9.17) is 5.41 Å². The van der Waals surface area contributed by atoms with Gasteiger partial charge in [0, 0.05) is 24.9 Å². The molecule has 26 heavy (non-hydrogen) atoms. The van der Waals surface area contributed by atoms with Crippen LogP contribution in [0.25, 0.3) is 0 Å². The number of rotatable bonds is 2. The summed E-state index contributed by atoms with van der Waals surface area (Å²) in [7, 11) is 0. The lowest BCUT2D eigenvalue weighted by Crippen LogP contribution is -2.52. The lowest BCUT2D eigenvalue weighted by molar-refractivity contribution is 0.216. The van der Waals surface area contributed by atoms with E-state index < -0.39 is 23.1 Å². The molecule has 6 heteroatoms. The summed E-state index contributed by atoms with van der Waals surface area (Å²) in [4.78, 5) is 2.13. The molecule has 2 aliphatic rings. The van der Waals surface area contributed by atoms with Crippen molar-refractivity contribution >= 4 is 5.71 Å². The highest BCUT2D eigenvalue weighted by Gasteiger charge is 2.56. The van der Waals surface area contributed by atoms with Crippen molar-refractivity contribution in [3.63, 3.8) is 0 Å². The average Bonchev–Trinajstić information content (AvgIpc) is 2.68. The van der Waals surface area contributed by atoms with Crippen LogP contribution in [0.5, 0.6) is 0 Å². The quantitative estimate of drug-likeness (QED) is 0.831. The second kappa shape index (κ2) is 6.71. The summed E-state index contributed by atoms with van der Waals surface area (Å²) >= 11 is 0. The minimum atomic E-state index is -1.74. The van der Waals surface area contributed by atoms with Crippen LogP contribution in [0.4, 0.5) is 4.39 Å². The van der Waals surface area contributed by atoms with Gasteiger partial charge in [0.25, 0.3) is 0 Å². The molecular weight excluding hydrogens is 329 g/mol. The molecule has 1 aromatic carbocycles. The molecule has 1 heterocycles. The molecule has 0 aromatic heterocycles. The molecule has 1 aromatic rings. The van der Waals surface area contributed by atoms with E-state index in [1.165, 1.54) is 6.07 Å². The van der Waals surface area contributed by atoms with Gasteiger partial charge in [-0.2, -0.15) is 15.8 Å². The summed E-state index contributed by atoms with van der Waals surface area (Å²) in [6, 6.07) is 12.3. The Kier molecular flexibility index (Phi) is 4.60. The Morgan fingerprint density at radius 3 is 2.54 bits per heavy atom. The molecule has 1 aliphatic heterocycles. The number of benzene rings is 1. The minimum Gasteiger partial charge on any atom is -0.305 e. The zero-order valence-corrected chi connectivity index (χ0v) is 14.4. The first-order valence-electron chi connectivity index (χ1n) is 8.52. The lowest BCUT2D eigenvalue weighted by atomic mass is 9.55. The molecule has 1 fully saturated rings. The highest BCUT2D eigenvalue weighted by molar-refractivity contribution is 6.01. The lowest BCUT2D eigenvalue weighted by Gasteiger charge is -2.47. The molecule has 1 N–H and O–H groups in total. The molecule has 0 spiro atoms. The van der Waals surface area contributed by atoms with Gasteiger partial charge < -0.3 is 5.41 Å². The number of nitriles is 3. The zero-order valence-electron chi connectivity index (χ0n) is 14.4. The number of likely N-dealkylation sites (N-methyl/N-ethyl adjacent to an activating group) is 1. The first-order chi connectivity index (χ1) is 12.5. The Labute approximate surface area is 152 Å². The molecule has 3 atom stereocenters. The maximum absolute atomic E-state index is 14.6. The number of fused-ring (bicyclic) bond motifs is 1. The molecule has 0 amide bonds. The first kappa shape index (κ1) is 17.8. The second-order valence-electron chi connectivity index (χ2n) is 6.66. The van der Waals surface area contributed by atoms with E-state index in [2.05, 4.69) is 11.0 Å². The van der Waals surface area contributed by atoms with Gasteiger partial charge >= 0.3 is 0 Å². The van der Waals surface area contributed by atoms with E-state index in [9.17, 15) is 20.2 Å². The van der Waals surface area contributed by atoms with Crippen LogP contribution in [-0.4, -0.2) is 30.2 Å². The fraction of sp³-hybridized carbons (Fsp3) is 0.400. The van der Waals surface area contributed by atoms with Crippen LogP contribution in [-0.2, 0) is 0 Å². The van der Waals surface area contributed by atoms with Gasteiger partial charge in [-0.15, -0.1) is 0 Å². The third kappa shape index (κ3) is 2.41. The largest absolute Gasteiger partial charge is 0.305 e. The monoisotopic (exact) mass is 347 g/mol. The number of halogens is 1. The number of nitrogens with one attached hydrogen (secondary N) is 1. The van der Waals surface area contributed by atoms with E-state index in [1.54, 1.807) is 18.2 Å². The van der Waals surface area contributed by atoms with Crippen molar-refractivity contribution in [3.05, 3.63) is 47.3 Å². The number of nitrogens with zero attached hydrogens (tertiary/aromatic N) is 4. The molecule has 1 saturated carbocycles. The molecule has 3 rings (SSSR count). The van der Waals surface area contributed by atoms with Gasteiger partial charge in [0.15, 0.2) is 0 Å². The zero-order chi connectivity index (χ0) is 18.9. The van der Waals surface area contributed by atoms with Crippen molar-refractivity contribution < 1.29 is 4.39 Å². The molecule has 1 aliphatic carbocycles. The van der Waals surface area contributed by atoms with Gasteiger partial charge in [0.1, 0.15) is 5.82 Å². The van der Waals surface area contributed by atoms with Gasteiger partial charge in [0.05, 0.1) is 29.8 Å². The predicted octanol–water partition coefficient (Wildman–Crippen LogP) is 2.99. The number of hydrogen-bond acceptors (Lipinski definition) is 5. The van der Waals surface area contributed by atoms with E-state index in [1.807, 2.05) is 25.1 Å². The van der Waals surface area contributed by atoms with E-state index in [0.29, 0.717) is 24.2 Å². The fourth-order valence-corrected chi connectivity index (χ4v) is 4.19. The Morgan fingerprint density at radius 2 is 1.96 bits per heavy atom. The van der Waals surface area contributed by atoms with Crippen molar-refractivity contribution in [1.82, 2.24) is 4.90 Å². The highest BCUT2D eigenvalue weighted by atomic mass is 19.1. The van der Waals surface area contributed by atoms with Gasteiger partial charge in [-0.1, -0.05) is 31.2 Å². The third-order valence-corrected chi connectivity index (χ3v) is 5.55. The van der Waals surface area contributed by atoms with Crippen molar-refractivity contribution in [2.75, 3.05) is 19.6 Å². The Bertz CT molecular complexity index is 884. The molecule has 0 unspecified atom stereocenters. The van der Waals surface area contributed by atoms with Crippen molar-refractivity contribution in [3.8, 4) is 18.2 Å². The third-order valence-electron chi connectivity index (χ3n) is 5.55. The van der Waals surface area contributed by atoms with E-state index >= 15 is 0 Å². The molecule has 5 nitrogen and oxygen atoms in total. The van der Waals surface area contributed by atoms with Crippen molar-refractivity contribution in [1.29, 1.82) is 21.2 Å². The Balaban J connectivity index is 2.25. The van der Waals surface area contributed by atoms with Gasteiger partial charge in [-0.3, -0.25) is 4.90 Å². The van der Waals surface area contributed by atoms with Crippen LogP contribution in [0.2, 0.25) is 0 Å². The topological polar surface area (TPSA) is 98.5 Å². The molecule has 0 radical (unpaired) electrons. The van der Waals surface area contributed by atoms with Crippen LogP contribution >= 0.6 is 0 Å². The minimum absolute atomic E-state index is 0.245. The van der Waals surface area contributed by atoms with Crippen LogP contribution in [0.1, 0.15) is 18.4 Å². The van der Waals surface area contributed by atoms with Gasteiger partial charge in [-0.05, 0) is 23.7 Å². The normalized spacial score (nSPS) is 27.4. The Hall–Kier alpha value is -3.01. The smallest absolute Gasteiger partial charge is 0.203 e. The summed E-state index contributed by atoms with van der Waals surface area (Å²) < 4.78 is 14.6. The predicted molar refractivity (Wildman–Crippen MR) is 93.3 cm³/mol. The molecular formula is C20H18FN5. The fourth-order valence-electron chi connectivity index (χ4n) is 4.19. The summed E-state index contributed by atoms with van der Waals surface area (Å²) in [5.41, 5.74) is -1.09.